The summed E-state index contributed by atoms with van der Waals surface area (Å²) < 4.78 is 152. The monoisotopic (exact) mass is 1930 g/mol. The molecule has 18 aromatic rings. The van der Waals surface area contributed by atoms with E-state index in [0.29, 0.717) is 91.6 Å². The molecule has 45 nitrogen and oxygen atoms in total. The highest BCUT2D eigenvalue weighted by Crippen LogP contribution is 2.34. The highest BCUT2D eigenvalue weighted by molar-refractivity contribution is 7.90. The first-order chi connectivity index (χ1) is 65.7. The maximum Gasteiger partial charge on any atom is 0.574 e. The molecule has 0 radical (unpaired) electrons. The van der Waals surface area contributed by atoms with Crippen molar-refractivity contribution in [1.29, 1.82) is 5.26 Å². The number of sulfone groups is 1. The van der Waals surface area contributed by atoms with Crippen molar-refractivity contribution in [2.24, 2.45) is 0 Å². The first-order valence-electron chi connectivity index (χ1n) is 39.3. The Bertz CT molecular complexity index is 7210. The SMILES string of the molecule is CC(C)Oc1cc(-c2ncn(/C=C\c3nnco3)n2)cc(Cl)n1.Cc1cc(-c2ncn(/C=C\c3nnco3)n2)cc(C(F)(F)F)c1.Cc1cc(-c2ncn(/C=C\c3nnco3)n2)cc(OC(C)C)n1.Cc1cc(-c2ncn(/C=C\c3nnco3)n2)cc(S(C)(=O)=O)c1.Cc1cc(C#N)cc(-c2ncn(/C=C\c3nnco3)n2)c1.FC(F)(F)Oc1cc(-c2ncn(/C=C\c3nnco3)n2)cc(Cl)n1. The van der Waals surface area contributed by atoms with Crippen molar-refractivity contribution in [1.82, 2.24) is 165 Å². The van der Waals surface area contributed by atoms with Crippen LogP contribution in [0.3, 0.4) is 0 Å². The fraction of sp³-hybridized carbons (Fsp3) is 0.157. The quantitative estimate of drug-likeness (QED) is 0.0400. The summed E-state index contributed by atoms with van der Waals surface area (Å²) in [6.07, 6.45) is 27.2. The molecule has 54 heteroatoms. The largest absolute Gasteiger partial charge is 0.574 e. The number of nitriles is 1. The zero-order valence-corrected chi connectivity index (χ0v) is 74.6. The Morgan fingerprint density at radius 2 is 0.672 bits per heavy atom. The van der Waals surface area contributed by atoms with Crippen LogP contribution in [0.15, 0.2) is 199 Å². The van der Waals surface area contributed by atoms with Gasteiger partial charge in [0.15, 0.2) is 44.8 Å². The van der Waals surface area contributed by atoms with Gasteiger partial charge in [-0.2, -0.15) is 18.4 Å². The zero-order chi connectivity index (χ0) is 97.2. The van der Waals surface area contributed by atoms with Gasteiger partial charge in [0, 0.05) is 137 Å². The number of nitrogens with zero attached hydrogens (tertiary/aromatic N) is 34. The van der Waals surface area contributed by atoms with Gasteiger partial charge in [-0.15, -0.1) is 105 Å². The summed E-state index contributed by atoms with van der Waals surface area (Å²) >= 11 is 11.7. The van der Waals surface area contributed by atoms with Crippen molar-refractivity contribution >= 4 is 107 Å². The second-order valence-electron chi connectivity index (χ2n) is 28.2. The third-order valence-corrected chi connectivity index (χ3v) is 18.1. The van der Waals surface area contributed by atoms with E-state index in [0.717, 1.165) is 52.5 Å². The van der Waals surface area contributed by atoms with Gasteiger partial charge in [-0.3, -0.25) is 0 Å². The maximum absolute atomic E-state index is 12.9. The van der Waals surface area contributed by atoms with Crippen LogP contribution in [0.4, 0.5) is 26.3 Å². The standard InChI is InChI=1S/C15H16N6O2.C14H13ClN6O2.C14H10F3N5O.C14H10N6O.C14H13N5O3S.C12H6ClF3N6O2/c1-10(2)23-14-7-12(6-11(3)18-14)15-16-8-21(20-15)5-4-13-19-17-9-22-13;1-9(2)23-13-6-10(5-11(15)18-13)14-16-7-21(20-14)4-3-12-19-17-8-22-12;1-9-4-10(6-11(5-9)14(15,16)17)13-18-7-22(21-13)3-2-12-20-19-8-23-12;1-10-4-11(7-15)6-12(5-10)14-16-8-20(19-14)3-2-13-18-17-9-21-13;1-10-5-11(7-12(6-10)23(2,20)21)14-15-8-19(18-14)4-3-13-17-16-9-22-13;13-8-3-7(4-10(19-8)24-12(14,15)16)11-17-5-22(21-11)2-1-9-20-18-6-23-9/h4-10H,1-3H3;3-9H,1-2H3;2-8H,1H3;2-6,8-9H,1H3;3-9H,1-2H3;1-6H/b5-4-;4-3-;2*3-2-;4-3-;2-1-. The van der Waals surface area contributed by atoms with Crippen LogP contribution in [0, 0.1) is 39.0 Å². The minimum Gasteiger partial charge on any atom is -0.475 e. The molecule has 0 spiro atoms. The van der Waals surface area contributed by atoms with Crippen molar-refractivity contribution in [2.75, 3.05) is 6.26 Å². The van der Waals surface area contributed by atoms with Crippen LogP contribution in [0.25, 0.3) is 142 Å². The molecular weight excluding hydrogens is 1870 g/mol. The number of benzene rings is 3. The normalized spacial score (nSPS) is 11.7. The van der Waals surface area contributed by atoms with Gasteiger partial charge in [0.1, 0.15) is 48.3 Å². The highest BCUT2D eigenvalue weighted by atomic mass is 35.5. The molecular formula is C83H68Cl2F6N34O11S. The van der Waals surface area contributed by atoms with Crippen LogP contribution < -0.4 is 14.2 Å². The van der Waals surface area contributed by atoms with Crippen LogP contribution in [0.1, 0.15) is 96.6 Å². The molecule has 0 aliphatic carbocycles. The van der Waals surface area contributed by atoms with Gasteiger partial charge in [0.25, 0.3) is 0 Å². The number of hydrogen-bond donors (Lipinski definition) is 0. The van der Waals surface area contributed by atoms with E-state index in [1.165, 1.54) is 111 Å². The number of alkyl halides is 6. The maximum atomic E-state index is 12.9. The van der Waals surface area contributed by atoms with Gasteiger partial charge in [0.05, 0.1) is 34.3 Å². The minimum absolute atomic E-state index is 0.00308. The lowest BCUT2D eigenvalue weighted by Gasteiger charge is -2.10. The molecule has 3 aromatic carbocycles. The third-order valence-electron chi connectivity index (χ3n) is 16.6. The number of hydrogen-bond acceptors (Lipinski definition) is 39. The first kappa shape index (κ1) is 96.8. The highest BCUT2D eigenvalue weighted by Gasteiger charge is 2.33. The van der Waals surface area contributed by atoms with Gasteiger partial charge in [-0.05, 0) is 145 Å². The molecule has 0 N–H and O–H groups in total. The van der Waals surface area contributed by atoms with Crippen molar-refractivity contribution < 1.29 is 75.5 Å². The molecule has 18 rings (SSSR count). The van der Waals surface area contributed by atoms with Crippen LogP contribution in [0.5, 0.6) is 17.6 Å². The molecule has 0 unspecified atom stereocenters. The van der Waals surface area contributed by atoms with E-state index in [2.05, 4.69) is 147 Å². The molecule has 0 saturated carbocycles. The van der Waals surface area contributed by atoms with Crippen LogP contribution in [-0.2, 0) is 16.0 Å². The van der Waals surface area contributed by atoms with E-state index < -0.39 is 33.8 Å². The Labute approximate surface area is 778 Å². The summed E-state index contributed by atoms with van der Waals surface area (Å²) in [6.45, 7) is 15.0. The summed E-state index contributed by atoms with van der Waals surface area (Å²) in [5.41, 5.74) is 6.48. The van der Waals surface area contributed by atoms with Gasteiger partial charge in [0.2, 0.25) is 91.3 Å². The lowest BCUT2D eigenvalue weighted by atomic mass is 10.1. The van der Waals surface area contributed by atoms with Crippen molar-refractivity contribution in [3.8, 4) is 92.0 Å². The van der Waals surface area contributed by atoms with Gasteiger partial charge in [-0.1, -0.05) is 23.2 Å². The van der Waals surface area contributed by atoms with Crippen LogP contribution >= 0.6 is 23.2 Å². The summed E-state index contributed by atoms with van der Waals surface area (Å²) in [5.74, 6) is 4.68. The summed E-state index contributed by atoms with van der Waals surface area (Å²) in [4.78, 5) is 37.1. The van der Waals surface area contributed by atoms with Crippen LogP contribution in [-0.4, -0.2) is 198 Å². The van der Waals surface area contributed by atoms with Gasteiger partial charge >= 0.3 is 12.5 Å². The predicted molar refractivity (Wildman–Crippen MR) is 473 cm³/mol. The van der Waals surface area contributed by atoms with Crippen LogP contribution in [0.2, 0.25) is 10.3 Å². The molecule has 0 saturated heterocycles. The zero-order valence-electron chi connectivity index (χ0n) is 72.3. The molecule has 0 atom stereocenters. The average Bonchev–Trinajstić information content (AvgIpc) is 1.43. The number of halogens is 8. The molecule has 137 heavy (non-hydrogen) atoms. The fourth-order valence-electron chi connectivity index (χ4n) is 11.1. The number of aromatic nitrogens is 33. The summed E-state index contributed by atoms with van der Waals surface area (Å²) in [7, 11) is -3.29. The molecule has 15 heterocycles. The van der Waals surface area contributed by atoms with E-state index in [4.69, 9.17) is 64.4 Å². The van der Waals surface area contributed by atoms with E-state index in [-0.39, 0.29) is 51.3 Å². The Balaban J connectivity index is 0.000000139. The Morgan fingerprint density at radius 1 is 0.380 bits per heavy atom. The molecule has 15 aromatic heterocycles. The second kappa shape index (κ2) is 44.9. The molecule has 0 aliphatic rings. The smallest absolute Gasteiger partial charge is 0.475 e. The van der Waals surface area contributed by atoms with Crippen molar-refractivity contribution in [3.63, 3.8) is 0 Å². The van der Waals surface area contributed by atoms with Gasteiger partial charge in [-0.25, -0.2) is 81.4 Å². The van der Waals surface area contributed by atoms with E-state index in [1.807, 2.05) is 78.8 Å². The number of aryl methyl sites for hydroxylation is 4. The Morgan fingerprint density at radius 3 is 0.978 bits per heavy atom. The lowest BCUT2D eigenvalue weighted by molar-refractivity contribution is -0.276. The Kier molecular flexibility index (Phi) is 31.7. The third kappa shape index (κ3) is 29.9. The van der Waals surface area contributed by atoms with Crippen molar-refractivity contribution in [3.05, 3.63) is 246 Å². The molecule has 0 amide bonds. The lowest BCUT2D eigenvalue weighted by Crippen LogP contribution is -2.18. The van der Waals surface area contributed by atoms with Gasteiger partial charge < -0.3 is 40.7 Å². The summed E-state index contributed by atoms with van der Waals surface area (Å²) in [5, 5.41) is 78.2. The Hall–Kier alpha value is -17.8. The van der Waals surface area contributed by atoms with Crippen molar-refractivity contribution in [2.45, 2.75) is 85.0 Å². The average molecular weight is 1930 g/mol. The predicted octanol–water partition coefficient (Wildman–Crippen LogP) is 15.2. The topological polar surface area (TPSA) is 542 Å². The number of ether oxygens (including phenoxy) is 3. The van der Waals surface area contributed by atoms with E-state index in [1.54, 1.807) is 116 Å². The minimum atomic E-state index is -4.88. The summed E-state index contributed by atoms with van der Waals surface area (Å²) in [6, 6.07) is 25.8. The molecule has 698 valence electrons. The fourth-order valence-corrected chi connectivity index (χ4v) is 12.3. The number of rotatable bonds is 24. The molecule has 0 aliphatic heterocycles. The molecule has 0 fully saturated rings. The first-order valence-corrected chi connectivity index (χ1v) is 41.9. The molecule has 0 bridgehead atoms. The van der Waals surface area contributed by atoms with E-state index in [9.17, 15) is 34.8 Å². The van der Waals surface area contributed by atoms with E-state index >= 15 is 0 Å². The second-order valence-corrected chi connectivity index (χ2v) is 31.0. The number of pyridine rings is 3.